The van der Waals surface area contributed by atoms with Crippen LogP contribution >= 0.6 is 0 Å². The largest absolute Gasteiger partial charge is 0.368 e. The van der Waals surface area contributed by atoms with E-state index in [2.05, 4.69) is 47.5 Å². The third-order valence-corrected chi connectivity index (χ3v) is 7.76. The zero-order valence-electron chi connectivity index (χ0n) is 17.5. The number of benzene rings is 1. The van der Waals surface area contributed by atoms with E-state index in [0.29, 0.717) is 17.3 Å². The molecule has 5 rings (SSSR count). The summed E-state index contributed by atoms with van der Waals surface area (Å²) in [6.45, 7) is 6.82. The first-order chi connectivity index (χ1) is 14.2. The molecule has 2 aliphatic heterocycles. The van der Waals surface area contributed by atoms with E-state index in [1.165, 1.54) is 49.0 Å². The monoisotopic (exact) mass is 391 g/mol. The van der Waals surface area contributed by atoms with E-state index in [9.17, 15) is 0 Å². The van der Waals surface area contributed by atoms with Crippen molar-refractivity contribution in [2.45, 2.75) is 51.4 Å². The molecule has 5 heteroatoms. The Bertz CT molecular complexity index is 867. The lowest BCUT2D eigenvalue weighted by Crippen LogP contribution is -2.57. The minimum atomic E-state index is 0.332. The molecule has 2 saturated heterocycles. The molecule has 0 saturated carbocycles. The van der Waals surface area contributed by atoms with Crippen LogP contribution < -0.4 is 16.0 Å². The van der Waals surface area contributed by atoms with E-state index >= 15 is 0 Å². The van der Waals surface area contributed by atoms with E-state index in [1.54, 1.807) is 0 Å². The number of hydrogen-bond acceptors (Lipinski definition) is 5. The van der Waals surface area contributed by atoms with E-state index < -0.39 is 0 Å². The number of anilines is 2. The summed E-state index contributed by atoms with van der Waals surface area (Å²) in [6.07, 6.45) is 7.17. The van der Waals surface area contributed by atoms with Crippen molar-refractivity contribution in [1.82, 2.24) is 15.3 Å². The van der Waals surface area contributed by atoms with Crippen LogP contribution in [0.3, 0.4) is 0 Å². The van der Waals surface area contributed by atoms with Crippen LogP contribution in [0.15, 0.2) is 30.3 Å². The molecule has 3 atom stereocenters. The van der Waals surface area contributed by atoms with Gasteiger partial charge >= 0.3 is 0 Å². The first-order valence-corrected chi connectivity index (χ1v) is 11.4. The Morgan fingerprint density at radius 2 is 2.03 bits per heavy atom. The lowest BCUT2D eigenvalue weighted by Gasteiger charge is -2.51. The summed E-state index contributed by atoms with van der Waals surface area (Å²) in [7, 11) is 0. The average Bonchev–Trinajstić information content (AvgIpc) is 2.78. The van der Waals surface area contributed by atoms with Crippen molar-refractivity contribution in [3.63, 3.8) is 0 Å². The van der Waals surface area contributed by atoms with Crippen LogP contribution in [0.5, 0.6) is 0 Å². The molecule has 154 valence electrons. The molecule has 5 nitrogen and oxygen atoms in total. The average molecular weight is 392 g/mol. The topological polar surface area (TPSA) is 67.1 Å². The number of hydrogen-bond donors (Lipinski definition) is 2. The van der Waals surface area contributed by atoms with Gasteiger partial charge < -0.3 is 16.0 Å². The fraction of sp³-hybridized carbons (Fsp3) is 0.583. The Hall–Kier alpha value is -2.14. The van der Waals surface area contributed by atoms with Gasteiger partial charge in [-0.25, -0.2) is 4.98 Å². The number of nitrogen functional groups attached to an aromatic ring is 1. The number of nitrogens with zero attached hydrogens (tertiary/aromatic N) is 3. The molecule has 0 bridgehead atoms. The Morgan fingerprint density at radius 3 is 2.86 bits per heavy atom. The highest BCUT2D eigenvalue weighted by Crippen LogP contribution is 2.45. The highest BCUT2D eigenvalue weighted by atomic mass is 15.2. The molecule has 1 aliphatic carbocycles. The number of nitrogens with two attached hydrogens (primary N) is 1. The van der Waals surface area contributed by atoms with E-state index in [0.717, 1.165) is 44.2 Å². The maximum absolute atomic E-state index is 6.27. The SMILES string of the molecule is CCC12CNCCC1CCN(c1nc(N)nc3c1CCCC3c1ccccc1)C2. The standard InChI is InChI=1S/C24H33N5/c1-2-24-15-26-13-11-18(24)12-14-29(16-24)22-20-10-6-9-19(17-7-4-3-5-8-17)21(20)27-23(25)28-22/h3-5,7-8,18-19,26H,2,6,9-16H2,1H3,(H2,25,27,28). The highest BCUT2D eigenvalue weighted by molar-refractivity contribution is 5.56. The van der Waals surface area contributed by atoms with Gasteiger partial charge in [0.2, 0.25) is 5.95 Å². The molecule has 29 heavy (non-hydrogen) atoms. The third-order valence-electron chi connectivity index (χ3n) is 7.76. The predicted molar refractivity (Wildman–Crippen MR) is 118 cm³/mol. The Labute approximate surface area is 174 Å². The van der Waals surface area contributed by atoms with Crippen molar-refractivity contribution < 1.29 is 0 Å². The van der Waals surface area contributed by atoms with Crippen LogP contribution in [-0.2, 0) is 6.42 Å². The normalized spacial score (nSPS) is 29.2. The maximum Gasteiger partial charge on any atom is 0.222 e. The number of piperidine rings is 2. The number of fused-ring (bicyclic) bond motifs is 2. The molecule has 3 N–H and O–H groups in total. The lowest BCUT2D eigenvalue weighted by atomic mass is 9.66. The van der Waals surface area contributed by atoms with Gasteiger partial charge in [-0.15, -0.1) is 0 Å². The van der Waals surface area contributed by atoms with Crippen molar-refractivity contribution in [3.8, 4) is 0 Å². The van der Waals surface area contributed by atoms with Gasteiger partial charge in [-0.05, 0) is 56.6 Å². The highest BCUT2D eigenvalue weighted by Gasteiger charge is 2.44. The Balaban J connectivity index is 1.53. The van der Waals surface area contributed by atoms with Gasteiger partial charge in [0.15, 0.2) is 0 Å². The fourth-order valence-electron chi connectivity index (χ4n) is 6.10. The fourth-order valence-corrected chi connectivity index (χ4v) is 6.10. The molecule has 1 aromatic carbocycles. The molecular formula is C24H33N5. The quantitative estimate of drug-likeness (QED) is 0.834. The second-order valence-electron chi connectivity index (χ2n) is 9.21. The summed E-state index contributed by atoms with van der Waals surface area (Å²) < 4.78 is 0. The van der Waals surface area contributed by atoms with Crippen LogP contribution in [0.25, 0.3) is 0 Å². The predicted octanol–water partition coefficient (Wildman–Crippen LogP) is 3.74. The smallest absolute Gasteiger partial charge is 0.222 e. The molecule has 0 amide bonds. The van der Waals surface area contributed by atoms with Crippen molar-refractivity contribution in [3.05, 3.63) is 47.2 Å². The van der Waals surface area contributed by atoms with Gasteiger partial charge in [0.05, 0.1) is 5.69 Å². The minimum absolute atomic E-state index is 0.332. The van der Waals surface area contributed by atoms with Crippen LogP contribution in [0.2, 0.25) is 0 Å². The number of rotatable bonds is 3. The summed E-state index contributed by atoms with van der Waals surface area (Å²) in [6, 6.07) is 10.8. The van der Waals surface area contributed by atoms with E-state index in [-0.39, 0.29) is 0 Å². The van der Waals surface area contributed by atoms with Crippen molar-refractivity contribution in [2.75, 3.05) is 36.8 Å². The van der Waals surface area contributed by atoms with Gasteiger partial charge in [-0.3, -0.25) is 0 Å². The lowest BCUT2D eigenvalue weighted by molar-refractivity contribution is 0.0842. The second-order valence-corrected chi connectivity index (χ2v) is 9.21. The Kier molecular flexibility index (Phi) is 4.94. The Morgan fingerprint density at radius 1 is 1.17 bits per heavy atom. The van der Waals surface area contributed by atoms with Gasteiger partial charge in [-0.2, -0.15) is 4.98 Å². The number of nitrogens with one attached hydrogen (secondary N) is 1. The van der Waals surface area contributed by atoms with E-state index in [1.807, 2.05) is 0 Å². The van der Waals surface area contributed by atoms with Crippen molar-refractivity contribution in [2.24, 2.45) is 11.3 Å². The second kappa shape index (κ2) is 7.60. The zero-order chi connectivity index (χ0) is 19.8. The molecule has 3 heterocycles. The molecule has 3 unspecified atom stereocenters. The van der Waals surface area contributed by atoms with Gasteiger partial charge in [0.1, 0.15) is 5.82 Å². The molecule has 0 radical (unpaired) electrons. The first kappa shape index (κ1) is 18.9. The molecule has 0 spiro atoms. The van der Waals surface area contributed by atoms with Crippen molar-refractivity contribution >= 4 is 11.8 Å². The summed E-state index contributed by atoms with van der Waals surface area (Å²) in [5.74, 6) is 2.70. The summed E-state index contributed by atoms with van der Waals surface area (Å²) in [5, 5.41) is 3.67. The van der Waals surface area contributed by atoms with Crippen LogP contribution in [0.1, 0.15) is 61.8 Å². The molecule has 1 aromatic heterocycles. The first-order valence-electron chi connectivity index (χ1n) is 11.4. The summed E-state index contributed by atoms with van der Waals surface area (Å²) >= 11 is 0. The van der Waals surface area contributed by atoms with Gasteiger partial charge in [0, 0.05) is 36.5 Å². The van der Waals surface area contributed by atoms with E-state index in [4.69, 9.17) is 15.7 Å². The molecule has 3 aliphatic rings. The minimum Gasteiger partial charge on any atom is -0.368 e. The van der Waals surface area contributed by atoms with Crippen LogP contribution in [0.4, 0.5) is 11.8 Å². The summed E-state index contributed by atoms with van der Waals surface area (Å²) in [4.78, 5) is 12.1. The van der Waals surface area contributed by atoms with Crippen molar-refractivity contribution in [1.29, 1.82) is 0 Å². The molecule has 2 aromatic rings. The van der Waals surface area contributed by atoms with Crippen LogP contribution in [-0.4, -0.2) is 36.1 Å². The van der Waals surface area contributed by atoms with Gasteiger partial charge in [-0.1, -0.05) is 37.3 Å². The molecular weight excluding hydrogens is 358 g/mol. The molecule has 2 fully saturated rings. The number of aromatic nitrogens is 2. The van der Waals surface area contributed by atoms with Crippen LogP contribution in [0, 0.1) is 11.3 Å². The van der Waals surface area contributed by atoms with Gasteiger partial charge in [0.25, 0.3) is 0 Å². The zero-order valence-corrected chi connectivity index (χ0v) is 17.5. The summed E-state index contributed by atoms with van der Waals surface area (Å²) in [5.41, 5.74) is 10.5. The third kappa shape index (κ3) is 3.29. The maximum atomic E-state index is 6.27.